The first-order valence-corrected chi connectivity index (χ1v) is 9.85. The summed E-state index contributed by atoms with van der Waals surface area (Å²) in [5.74, 6) is 0.977. The van der Waals surface area contributed by atoms with Gasteiger partial charge in [0.15, 0.2) is 6.71 Å². The average molecular weight is 338 g/mol. The Morgan fingerprint density at radius 2 is 1.60 bits per heavy atom. The van der Waals surface area contributed by atoms with Crippen molar-refractivity contribution in [3.63, 3.8) is 0 Å². The molecule has 136 valence electrons. The van der Waals surface area contributed by atoms with Gasteiger partial charge in [-0.25, -0.2) is 0 Å². The van der Waals surface area contributed by atoms with Gasteiger partial charge in [0, 0.05) is 0 Å². The van der Waals surface area contributed by atoms with Crippen LogP contribution in [0.4, 0.5) is 0 Å². The average Bonchev–Trinajstić information content (AvgIpc) is 2.61. The van der Waals surface area contributed by atoms with E-state index in [-0.39, 0.29) is 0 Å². The molecule has 0 spiro atoms. The van der Waals surface area contributed by atoms with Gasteiger partial charge in [0.05, 0.1) is 6.61 Å². The van der Waals surface area contributed by atoms with E-state index in [4.69, 9.17) is 4.74 Å². The van der Waals surface area contributed by atoms with Crippen LogP contribution in [0, 0.1) is 0 Å². The van der Waals surface area contributed by atoms with Crippen molar-refractivity contribution in [3.05, 3.63) is 61.7 Å². The molecule has 0 aliphatic carbocycles. The summed E-state index contributed by atoms with van der Waals surface area (Å²) in [6.45, 7) is 15.2. The Labute approximate surface area is 156 Å². The molecule has 0 aromatic heterocycles. The van der Waals surface area contributed by atoms with Crippen molar-refractivity contribution in [2.75, 3.05) is 6.61 Å². The zero-order valence-electron chi connectivity index (χ0n) is 16.1. The van der Waals surface area contributed by atoms with Crippen LogP contribution in [0.15, 0.2) is 56.2 Å². The van der Waals surface area contributed by atoms with Crippen molar-refractivity contribution >= 4 is 12.2 Å². The summed E-state index contributed by atoms with van der Waals surface area (Å²) in [5, 5.41) is 0. The second-order valence-corrected chi connectivity index (χ2v) is 6.72. The Morgan fingerprint density at radius 3 is 2.24 bits per heavy atom. The molecule has 0 N–H and O–H groups in total. The fourth-order valence-corrected chi connectivity index (χ4v) is 3.23. The minimum Gasteiger partial charge on any atom is -0.494 e. The van der Waals surface area contributed by atoms with E-state index in [1.165, 1.54) is 43.1 Å². The lowest BCUT2D eigenvalue weighted by atomic mass is 9.40. The van der Waals surface area contributed by atoms with Crippen LogP contribution in [0.2, 0.25) is 12.6 Å². The van der Waals surface area contributed by atoms with E-state index in [1.54, 1.807) is 0 Å². The minimum atomic E-state index is 0.442. The molecule has 0 heterocycles. The Hall–Kier alpha value is -1.70. The maximum Gasteiger partial charge on any atom is 0.183 e. The minimum absolute atomic E-state index is 0.442. The molecule has 0 aliphatic heterocycles. The predicted molar refractivity (Wildman–Crippen MR) is 115 cm³/mol. The van der Waals surface area contributed by atoms with Crippen molar-refractivity contribution < 1.29 is 4.74 Å². The number of allylic oxidation sites excluding steroid dienone is 3. The molecule has 1 rings (SSSR count). The molecule has 0 atom stereocenters. The number of hydrogen-bond donors (Lipinski definition) is 0. The van der Waals surface area contributed by atoms with Crippen molar-refractivity contribution in [3.8, 4) is 5.75 Å². The van der Waals surface area contributed by atoms with E-state index in [9.17, 15) is 0 Å². The van der Waals surface area contributed by atoms with Crippen LogP contribution in [-0.2, 0) is 6.42 Å². The van der Waals surface area contributed by atoms with Gasteiger partial charge in [0.2, 0.25) is 0 Å². The van der Waals surface area contributed by atoms with Gasteiger partial charge in [-0.05, 0) is 30.5 Å². The number of unbranched alkanes of at least 4 members (excludes halogenated alkanes) is 5. The van der Waals surface area contributed by atoms with E-state index in [0.29, 0.717) is 6.71 Å². The fraction of sp³-hybridized carbons (Fsp3) is 0.478. The maximum absolute atomic E-state index is 5.98. The SMILES string of the molecule is C=CCB(CC=C)c1ccc(OCCCCCCCC)cc1CC=C. The molecule has 0 saturated carbocycles. The third-order valence-electron chi connectivity index (χ3n) is 4.59. The summed E-state index contributed by atoms with van der Waals surface area (Å²) in [5.41, 5.74) is 2.68. The highest BCUT2D eigenvalue weighted by atomic mass is 16.5. The van der Waals surface area contributed by atoms with Gasteiger partial charge in [-0.15, -0.1) is 19.7 Å². The molecule has 1 aromatic carbocycles. The molecule has 0 bridgehead atoms. The molecule has 0 unspecified atom stereocenters. The van der Waals surface area contributed by atoms with Crippen LogP contribution in [0.25, 0.3) is 0 Å². The Balaban J connectivity index is 2.64. The van der Waals surface area contributed by atoms with E-state index in [2.05, 4.69) is 44.9 Å². The molecule has 25 heavy (non-hydrogen) atoms. The third kappa shape index (κ3) is 8.29. The summed E-state index contributed by atoms with van der Waals surface area (Å²) in [6.07, 6.45) is 16.5. The van der Waals surface area contributed by atoms with Gasteiger partial charge in [-0.2, -0.15) is 0 Å². The van der Waals surface area contributed by atoms with Gasteiger partial charge < -0.3 is 4.74 Å². The second kappa shape index (κ2) is 13.6. The van der Waals surface area contributed by atoms with Gasteiger partial charge in [-0.3, -0.25) is 0 Å². The van der Waals surface area contributed by atoms with Crippen LogP contribution < -0.4 is 10.2 Å². The highest BCUT2D eigenvalue weighted by Crippen LogP contribution is 2.17. The summed E-state index contributed by atoms with van der Waals surface area (Å²) in [6, 6.07) is 6.51. The van der Waals surface area contributed by atoms with Crippen LogP contribution in [0.1, 0.15) is 51.0 Å². The topological polar surface area (TPSA) is 9.23 Å². The molecule has 2 heteroatoms. The Kier molecular flexibility index (Phi) is 11.6. The Bertz CT molecular complexity index is 511. The number of hydrogen-bond acceptors (Lipinski definition) is 1. The number of benzene rings is 1. The smallest absolute Gasteiger partial charge is 0.183 e. The van der Waals surface area contributed by atoms with Crippen LogP contribution in [-0.4, -0.2) is 13.3 Å². The summed E-state index contributed by atoms with van der Waals surface area (Å²) < 4.78 is 5.98. The molecule has 1 nitrogen and oxygen atoms in total. The monoisotopic (exact) mass is 338 g/mol. The molecule has 0 aliphatic rings. The van der Waals surface area contributed by atoms with Crippen molar-refractivity contribution in [1.82, 2.24) is 0 Å². The van der Waals surface area contributed by atoms with Crippen LogP contribution >= 0.6 is 0 Å². The fourth-order valence-electron chi connectivity index (χ4n) is 3.23. The van der Waals surface area contributed by atoms with Gasteiger partial charge in [0.25, 0.3) is 0 Å². The summed E-state index contributed by atoms with van der Waals surface area (Å²) in [7, 11) is 0. The normalized spacial score (nSPS) is 10.3. The zero-order valence-corrected chi connectivity index (χ0v) is 16.1. The van der Waals surface area contributed by atoms with E-state index in [1.807, 2.05) is 18.2 Å². The number of rotatable bonds is 15. The summed E-state index contributed by atoms with van der Waals surface area (Å²) in [4.78, 5) is 0. The van der Waals surface area contributed by atoms with Gasteiger partial charge >= 0.3 is 0 Å². The van der Waals surface area contributed by atoms with E-state index < -0.39 is 0 Å². The largest absolute Gasteiger partial charge is 0.494 e. The van der Waals surface area contributed by atoms with E-state index in [0.717, 1.165) is 37.8 Å². The molecule has 0 amide bonds. The highest BCUT2D eigenvalue weighted by Gasteiger charge is 2.17. The lowest BCUT2D eigenvalue weighted by Gasteiger charge is -2.16. The van der Waals surface area contributed by atoms with Crippen molar-refractivity contribution in [2.45, 2.75) is 64.5 Å². The lowest BCUT2D eigenvalue weighted by molar-refractivity contribution is 0.304. The standard InChI is InChI=1S/C23H35BO/c1-5-9-10-11-12-13-19-25-22-15-16-23(21(20-22)14-6-2)24(17-7-3)18-8-4/h6-8,15-16,20H,2-5,9-14,17-19H2,1H3. The molecule has 0 radical (unpaired) electrons. The first kappa shape index (κ1) is 21.3. The first-order valence-electron chi connectivity index (χ1n) is 9.85. The maximum atomic E-state index is 5.98. The summed E-state index contributed by atoms with van der Waals surface area (Å²) >= 11 is 0. The zero-order chi connectivity index (χ0) is 18.3. The predicted octanol–water partition coefficient (Wildman–Crippen LogP) is 6.23. The van der Waals surface area contributed by atoms with Gasteiger partial charge in [0.1, 0.15) is 5.75 Å². The van der Waals surface area contributed by atoms with E-state index >= 15 is 0 Å². The molecular weight excluding hydrogens is 303 g/mol. The molecular formula is C23H35BO. The van der Waals surface area contributed by atoms with Crippen LogP contribution in [0.5, 0.6) is 5.75 Å². The number of ether oxygens (including phenoxy) is 1. The molecule has 1 aromatic rings. The van der Waals surface area contributed by atoms with Gasteiger partial charge in [-0.1, -0.05) is 81.4 Å². The highest BCUT2D eigenvalue weighted by molar-refractivity contribution is 6.74. The second-order valence-electron chi connectivity index (χ2n) is 6.72. The molecule has 0 saturated heterocycles. The van der Waals surface area contributed by atoms with Crippen molar-refractivity contribution in [2.24, 2.45) is 0 Å². The third-order valence-corrected chi connectivity index (χ3v) is 4.59. The van der Waals surface area contributed by atoms with Crippen molar-refractivity contribution in [1.29, 1.82) is 0 Å². The quantitative estimate of drug-likeness (QED) is 0.209. The lowest BCUT2D eigenvalue weighted by Crippen LogP contribution is -2.31. The van der Waals surface area contributed by atoms with Crippen LogP contribution in [0.3, 0.4) is 0 Å². The Morgan fingerprint density at radius 1 is 0.920 bits per heavy atom. The molecule has 0 fully saturated rings. The first-order chi connectivity index (χ1) is 12.3.